The smallest absolute Gasteiger partial charge is 0.323 e. The number of aliphatic hydroxyl groups excluding tert-OH is 1. The molecule has 0 bridgehead atoms. The molecule has 186 valence electrons. The Kier molecular flexibility index (Phi) is 5.63. The molecule has 0 radical (unpaired) electrons. The summed E-state index contributed by atoms with van der Waals surface area (Å²) < 4.78 is 37.7. The molecular weight excluding hydrogens is 444 g/mol. The highest BCUT2D eigenvalue weighted by atomic mass is 19.1. The van der Waals surface area contributed by atoms with Gasteiger partial charge in [-0.25, -0.2) is 8.78 Å². The fourth-order valence-corrected chi connectivity index (χ4v) is 7.96. The lowest BCUT2D eigenvalue weighted by molar-refractivity contribution is -0.202. The van der Waals surface area contributed by atoms with Gasteiger partial charge in [-0.15, -0.1) is 0 Å². The standard InChI is InChI=1S/C26H33F2NO5/c1-24-12-22(32)26(28)17(11-19(27)18-10-14(30)7-8-25(18,26)2)15(24)5-6-16(24)21(31)13-34-23(33)20-4-3-9-29-20/h7-8,10,15-17,19-20,22,29,32H,3-6,9,11-13H2,1-2H3/t15?,16?,17?,19-,20?,22?,24?,25?,26-/m0/s1. The summed E-state index contributed by atoms with van der Waals surface area (Å²) >= 11 is 0. The molecule has 2 N–H and O–H groups in total. The van der Waals surface area contributed by atoms with Crippen molar-refractivity contribution in [3.8, 4) is 0 Å². The molecule has 1 saturated heterocycles. The number of esters is 1. The summed E-state index contributed by atoms with van der Waals surface area (Å²) in [7, 11) is 0. The molecule has 0 aromatic rings. The van der Waals surface area contributed by atoms with Crippen molar-refractivity contribution in [2.45, 2.75) is 76.4 Å². The van der Waals surface area contributed by atoms with E-state index in [1.54, 1.807) is 6.92 Å². The van der Waals surface area contributed by atoms with Crippen LogP contribution in [-0.2, 0) is 19.1 Å². The second-order valence-corrected chi connectivity index (χ2v) is 11.3. The van der Waals surface area contributed by atoms with Crippen LogP contribution in [-0.4, -0.2) is 59.8 Å². The first-order valence-corrected chi connectivity index (χ1v) is 12.4. The van der Waals surface area contributed by atoms with Crippen LogP contribution in [0.25, 0.3) is 0 Å². The van der Waals surface area contributed by atoms with Crippen LogP contribution in [0.4, 0.5) is 8.78 Å². The number of rotatable bonds is 4. The third-order valence-electron chi connectivity index (χ3n) is 9.72. The summed E-state index contributed by atoms with van der Waals surface area (Å²) in [5.41, 5.74) is -4.18. The van der Waals surface area contributed by atoms with E-state index in [1.807, 2.05) is 6.92 Å². The predicted octanol–water partition coefficient (Wildman–Crippen LogP) is 2.79. The fraction of sp³-hybridized carbons (Fsp3) is 0.731. The molecule has 5 aliphatic rings. The molecule has 3 saturated carbocycles. The van der Waals surface area contributed by atoms with Crippen molar-refractivity contribution < 1.29 is 33.0 Å². The van der Waals surface area contributed by atoms with Gasteiger partial charge in [-0.1, -0.05) is 13.0 Å². The van der Waals surface area contributed by atoms with E-state index < -0.39 is 46.6 Å². The number of aliphatic hydroxyl groups is 1. The maximum Gasteiger partial charge on any atom is 0.323 e. The topological polar surface area (TPSA) is 92.7 Å². The van der Waals surface area contributed by atoms with E-state index in [0.717, 1.165) is 13.0 Å². The molecule has 5 rings (SSSR count). The third-order valence-corrected chi connectivity index (χ3v) is 9.72. The van der Waals surface area contributed by atoms with Gasteiger partial charge in [0.15, 0.2) is 17.2 Å². The molecule has 7 unspecified atom stereocenters. The fourth-order valence-electron chi connectivity index (χ4n) is 7.96. The average molecular weight is 478 g/mol. The number of fused-ring (bicyclic) bond motifs is 5. The third kappa shape index (κ3) is 3.20. The van der Waals surface area contributed by atoms with Crippen LogP contribution in [0.2, 0.25) is 0 Å². The molecule has 4 fully saturated rings. The number of ether oxygens (including phenoxy) is 1. The zero-order valence-electron chi connectivity index (χ0n) is 19.7. The molecule has 8 heteroatoms. The van der Waals surface area contributed by atoms with Crippen molar-refractivity contribution in [3.63, 3.8) is 0 Å². The van der Waals surface area contributed by atoms with Crippen molar-refractivity contribution in [2.75, 3.05) is 13.2 Å². The van der Waals surface area contributed by atoms with Gasteiger partial charge in [-0.2, -0.15) is 0 Å². The molecule has 1 aliphatic heterocycles. The Morgan fingerprint density at radius 2 is 2.00 bits per heavy atom. The van der Waals surface area contributed by atoms with Crippen LogP contribution >= 0.6 is 0 Å². The second-order valence-electron chi connectivity index (χ2n) is 11.3. The van der Waals surface area contributed by atoms with Gasteiger partial charge in [-0.05, 0) is 81.1 Å². The molecule has 4 aliphatic carbocycles. The Morgan fingerprint density at radius 1 is 1.24 bits per heavy atom. The van der Waals surface area contributed by atoms with Crippen LogP contribution in [0.5, 0.6) is 0 Å². The minimum atomic E-state index is -2.14. The van der Waals surface area contributed by atoms with Gasteiger partial charge < -0.3 is 15.2 Å². The number of alkyl halides is 2. The number of halogens is 2. The largest absolute Gasteiger partial charge is 0.457 e. The maximum atomic E-state index is 17.0. The zero-order chi connectivity index (χ0) is 24.5. The zero-order valence-corrected chi connectivity index (χ0v) is 19.7. The minimum absolute atomic E-state index is 0.0564. The predicted molar refractivity (Wildman–Crippen MR) is 119 cm³/mol. The van der Waals surface area contributed by atoms with Gasteiger partial charge in [0.2, 0.25) is 0 Å². The van der Waals surface area contributed by atoms with Gasteiger partial charge in [0.25, 0.3) is 0 Å². The van der Waals surface area contributed by atoms with E-state index in [2.05, 4.69) is 5.32 Å². The van der Waals surface area contributed by atoms with Crippen LogP contribution in [0.1, 0.15) is 52.4 Å². The number of nitrogens with one attached hydrogen (secondary N) is 1. The molecule has 0 amide bonds. The van der Waals surface area contributed by atoms with E-state index in [-0.39, 0.29) is 48.5 Å². The van der Waals surface area contributed by atoms with Crippen LogP contribution in [0.15, 0.2) is 23.8 Å². The highest BCUT2D eigenvalue weighted by molar-refractivity contribution is 6.01. The average Bonchev–Trinajstić information content (AvgIpc) is 3.44. The quantitative estimate of drug-likeness (QED) is 0.605. The van der Waals surface area contributed by atoms with Gasteiger partial charge in [0, 0.05) is 17.3 Å². The van der Waals surface area contributed by atoms with E-state index >= 15 is 8.78 Å². The lowest BCUT2D eigenvalue weighted by Crippen LogP contribution is -2.68. The van der Waals surface area contributed by atoms with E-state index in [9.17, 15) is 19.5 Å². The Balaban J connectivity index is 1.38. The number of allylic oxidation sites excluding steroid dienone is 4. The first-order chi connectivity index (χ1) is 16.0. The first-order valence-electron chi connectivity index (χ1n) is 12.4. The number of hydrogen-bond acceptors (Lipinski definition) is 6. The molecule has 0 aromatic carbocycles. The second kappa shape index (κ2) is 8.05. The molecule has 34 heavy (non-hydrogen) atoms. The van der Waals surface area contributed by atoms with Crippen molar-refractivity contribution in [1.82, 2.24) is 5.32 Å². The lowest BCUT2D eigenvalue weighted by atomic mass is 9.45. The van der Waals surface area contributed by atoms with Crippen molar-refractivity contribution in [2.24, 2.45) is 28.6 Å². The number of carbonyl (C=O) groups is 3. The van der Waals surface area contributed by atoms with E-state index in [0.29, 0.717) is 19.3 Å². The van der Waals surface area contributed by atoms with Crippen LogP contribution in [0.3, 0.4) is 0 Å². The first kappa shape index (κ1) is 23.8. The number of carbonyl (C=O) groups excluding carboxylic acids is 3. The van der Waals surface area contributed by atoms with Gasteiger partial charge in [0.1, 0.15) is 18.8 Å². The Bertz CT molecular complexity index is 974. The minimum Gasteiger partial charge on any atom is -0.457 e. The van der Waals surface area contributed by atoms with Crippen molar-refractivity contribution in [3.05, 3.63) is 23.8 Å². The van der Waals surface area contributed by atoms with Crippen LogP contribution in [0, 0.1) is 28.6 Å². The maximum absolute atomic E-state index is 17.0. The van der Waals surface area contributed by atoms with Crippen LogP contribution < -0.4 is 5.32 Å². The SMILES string of the molecule is CC12CC(O)[C@@]3(F)C(C[C@H](F)C4=CC(=O)C=CC43C)C1CCC2C(=O)COC(=O)C1CCCN1. The monoisotopic (exact) mass is 477 g/mol. The number of ketones is 2. The highest BCUT2D eigenvalue weighted by Crippen LogP contribution is 2.69. The molecular formula is C26H33F2NO5. The van der Waals surface area contributed by atoms with Crippen molar-refractivity contribution in [1.29, 1.82) is 0 Å². The molecule has 9 atom stereocenters. The van der Waals surface area contributed by atoms with Crippen molar-refractivity contribution >= 4 is 17.5 Å². The Morgan fingerprint density at radius 3 is 2.71 bits per heavy atom. The summed E-state index contributed by atoms with van der Waals surface area (Å²) in [5, 5.41) is 14.3. The molecule has 0 aromatic heterocycles. The summed E-state index contributed by atoms with van der Waals surface area (Å²) in [6.07, 6.45) is 3.48. The summed E-state index contributed by atoms with van der Waals surface area (Å²) in [5.74, 6) is -2.62. The van der Waals surface area contributed by atoms with E-state index in [4.69, 9.17) is 4.74 Å². The van der Waals surface area contributed by atoms with E-state index in [1.165, 1.54) is 18.2 Å². The summed E-state index contributed by atoms with van der Waals surface area (Å²) in [6.45, 7) is 3.86. The summed E-state index contributed by atoms with van der Waals surface area (Å²) in [4.78, 5) is 37.3. The normalized spacial score (nSPS) is 47.4. The number of Topliss-reactive ketones (excluding diaryl/α,β-unsaturated/α-hetero) is 1. The highest BCUT2D eigenvalue weighted by Gasteiger charge is 2.72. The molecule has 0 spiro atoms. The lowest BCUT2D eigenvalue weighted by Gasteiger charge is -2.62. The molecule has 1 heterocycles. The van der Waals surface area contributed by atoms with Gasteiger partial charge >= 0.3 is 5.97 Å². The van der Waals surface area contributed by atoms with Gasteiger partial charge in [0.05, 0.1) is 6.10 Å². The Labute approximate surface area is 198 Å². The summed E-state index contributed by atoms with van der Waals surface area (Å²) in [6, 6.07) is -0.384. The van der Waals surface area contributed by atoms with Gasteiger partial charge in [-0.3, -0.25) is 14.4 Å². The number of hydrogen-bond donors (Lipinski definition) is 2. The molecule has 6 nitrogen and oxygen atoms in total. The Hall–Kier alpha value is -1.93.